The second-order valence-corrected chi connectivity index (χ2v) is 5.46. The minimum Gasteiger partial charge on any atom is -0.452 e. The molecule has 0 aliphatic rings. The Balaban J connectivity index is 2.58. The lowest BCUT2D eigenvalue weighted by Gasteiger charge is -2.07. The molecule has 0 fully saturated rings. The SMILES string of the molecule is COC(=O)NS(=O)(=O)NCc1cccc(Br)c1. The van der Waals surface area contributed by atoms with Gasteiger partial charge >= 0.3 is 16.3 Å². The van der Waals surface area contributed by atoms with E-state index in [0.717, 1.165) is 17.1 Å². The maximum Gasteiger partial charge on any atom is 0.421 e. The lowest BCUT2D eigenvalue weighted by molar-refractivity contribution is 0.177. The molecule has 0 aliphatic carbocycles. The number of carbonyl (C=O) groups is 1. The summed E-state index contributed by atoms with van der Waals surface area (Å²) < 4.78 is 31.6. The van der Waals surface area contributed by atoms with Gasteiger partial charge in [-0.15, -0.1) is 0 Å². The van der Waals surface area contributed by atoms with Crippen LogP contribution in [0.15, 0.2) is 28.7 Å². The average molecular weight is 323 g/mol. The maximum atomic E-state index is 11.3. The summed E-state index contributed by atoms with van der Waals surface area (Å²) in [5.74, 6) is 0. The first kappa shape index (κ1) is 13.9. The zero-order chi connectivity index (χ0) is 12.9. The van der Waals surface area contributed by atoms with E-state index in [9.17, 15) is 13.2 Å². The maximum absolute atomic E-state index is 11.3. The first-order valence-corrected chi connectivity index (χ1v) is 6.80. The first-order chi connectivity index (χ1) is 7.93. The summed E-state index contributed by atoms with van der Waals surface area (Å²) in [6.45, 7) is 0.0752. The summed E-state index contributed by atoms with van der Waals surface area (Å²) in [5, 5.41) is 0. The van der Waals surface area contributed by atoms with Gasteiger partial charge in [0.25, 0.3) is 0 Å². The van der Waals surface area contributed by atoms with Gasteiger partial charge in [-0.2, -0.15) is 13.1 Å². The van der Waals surface area contributed by atoms with Gasteiger partial charge < -0.3 is 4.74 Å². The van der Waals surface area contributed by atoms with Crippen molar-refractivity contribution in [1.29, 1.82) is 0 Å². The largest absolute Gasteiger partial charge is 0.452 e. The molecule has 0 atom stereocenters. The third-order valence-corrected chi connectivity index (χ3v) is 3.21. The molecule has 17 heavy (non-hydrogen) atoms. The van der Waals surface area contributed by atoms with E-state index >= 15 is 0 Å². The minimum atomic E-state index is -3.89. The van der Waals surface area contributed by atoms with E-state index in [1.54, 1.807) is 22.9 Å². The monoisotopic (exact) mass is 322 g/mol. The molecule has 8 heteroatoms. The third kappa shape index (κ3) is 5.16. The van der Waals surface area contributed by atoms with Crippen molar-refractivity contribution in [3.63, 3.8) is 0 Å². The summed E-state index contributed by atoms with van der Waals surface area (Å²) >= 11 is 3.27. The van der Waals surface area contributed by atoms with Crippen LogP contribution in [0.2, 0.25) is 0 Å². The highest BCUT2D eigenvalue weighted by Gasteiger charge is 2.13. The number of methoxy groups -OCH3 is 1. The second kappa shape index (κ2) is 5.99. The van der Waals surface area contributed by atoms with Gasteiger partial charge in [0, 0.05) is 11.0 Å². The van der Waals surface area contributed by atoms with Gasteiger partial charge in [0.05, 0.1) is 7.11 Å². The number of amides is 1. The van der Waals surface area contributed by atoms with Crippen LogP contribution >= 0.6 is 15.9 Å². The molecule has 0 aromatic heterocycles. The van der Waals surface area contributed by atoms with E-state index in [-0.39, 0.29) is 6.54 Å². The van der Waals surface area contributed by atoms with Crippen LogP contribution < -0.4 is 9.44 Å². The zero-order valence-corrected chi connectivity index (χ0v) is 11.3. The van der Waals surface area contributed by atoms with Crippen LogP contribution in [0, 0.1) is 0 Å². The summed E-state index contributed by atoms with van der Waals surface area (Å²) in [6.07, 6.45) is -1.04. The van der Waals surface area contributed by atoms with Crippen molar-refractivity contribution in [3.05, 3.63) is 34.3 Å². The molecule has 0 heterocycles. The van der Waals surface area contributed by atoms with Crippen LogP contribution in [0.3, 0.4) is 0 Å². The predicted molar refractivity (Wildman–Crippen MR) is 65.4 cm³/mol. The average Bonchev–Trinajstić information content (AvgIpc) is 2.26. The van der Waals surface area contributed by atoms with Crippen LogP contribution in [-0.2, 0) is 21.5 Å². The number of ether oxygens (including phenoxy) is 1. The quantitative estimate of drug-likeness (QED) is 0.870. The molecular formula is C9H11BrN2O4S. The molecule has 0 saturated heterocycles. The van der Waals surface area contributed by atoms with E-state index in [4.69, 9.17) is 0 Å². The molecule has 0 aliphatic heterocycles. The molecule has 0 radical (unpaired) electrons. The number of benzene rings is 1. The van der Waals surface area contributed by atoms with Gasteiger partial charge in [-0.1, -0.05) is 28.1 Å². The van der Waals surface area contributed by atoms with Gasteiger partial charge in [-0.25, -0.2) is 9.52 Å². The van der Waals surface area contributed by atoms with Crippen LogP contribution in [0.4, 0.5) is 4.79 Å². The van der Waals surface area contributed by atoms with Gasteiger partial charge in [0.1, 0.15) is 0 Å². The van der Waals surface area contributed by atoms with E-state index < -0.39 is 16.3 Å². The van der Waals surface area contributed by atoms with Crippen molar-refractivity contribution in [2.75, 3.05) is 7.11 Å². The third-order valence-electron chi connectivity index (χ3n) is 1.76. The Morgan fingerprint density at radius 3 is 2.76 bits per heavy atom. The van der Waals surface area contributed by atoms with Crippen molar-refractivity contribution in [3.8, 4) is 0 Å². The van der Waals surface area contributed by atoms with Crippen LogP contribution in [0.1, 0.15) is 5.56 Å². The molecule has 6 nitrogen and oxygen atoms in total. The highest BCUT2D eigenvalue weighted by molar-refractivity contribution is 9.10. The summed E-state index contributed by atoms with van der Waals surface area (Å²) in [6, 6.07) is 7.12. The fraction of sp³-hybridized carbons (Fsp3) is 0.222. The van der Waals surface area contributed by atoms with Crippen LogP contribution in [0.25, 0.3) is 0 Å². The van der Waals surface area contributed by atoms with E-state index in [0.29, 0.717) is 0 Å². The Kier molecular flexibility index (Phi) is 4.91. The molecule has 0 saturated carbocycles. The molecular weight excluding hydrogens is 312 g/mol. The van der Waals surface area contributed by atoms with Crippen LogP contribution in [-0.4, -0.2) is 21.6 Å². The van der Waals surface area contributed by atoms with Gasteiger partial charge in [0.15, 0.2) is 0 Å². The Labute approximate surface area is 108 Å². The van der Waals surface area contributed by atoms with Crippen molar-refractivity contribution in [2.24, 2.45) is 0 Å². The van der Waals surface area contributed by atoms with Crippen LogP contribution in [0.5, 0.6) is 0 Å². The molecule has 1 aromatic rings. The van der Waals surface area contributed by atoms with Gasteiger partial charge in [-0.3, -0.25) is 0 Å². The Morgan fingerprint density at radius 1 is 1.47 bits per heavy atom. The molecule has 1 amide bonds. The molecule has 1 rings (SSSR count). The fourth-order valence-electron chi connectivity index (χ4n) is 1.01. The first-order valence-electron chi connectivity index (χ1n) is 4.53. The Hall–Kier alpha value is -1.12. The highest BCUT2D eigenvalue weighted by Crippen LogP contribution is 2.11. The Morgan fingerprint density at radius 2 is 2.18 bits per heavy atom. The number of rotatable bonds is 4. The number of hydrogen-bond donors (Lipinski definition) is 2. The summed E-state index contributed by atoms with van der Waals surface area (Å²) in [5.41, 5.74) is 0.759. The molecule has 0 bridgehead atoms. The summed E-state index contributed by atoms with van der Waals surface area (Å²) in [7, 11) is -2.81. The van der Waals surface area contributed by atoms with Crippen molar-refractivity contribution in [2.45, 2.75) is 6.54 Å². The Bertz CT molecular complexity index is 503. The molecule has 0 spiro atoms. The van der Waals surface area contributed by atoms with E-state index in [2.05, 4.69) is 25.4 Å². The second-order valence-electron chi connectivity index (χ2n) is 3.05. The molecule has 1 aromatic carbocycles. The van der Waals surface area contributed by atoms with E-state index in [1.165, 1.54) is 0 Å². The predicted octanol–water partition coefficient (Wildman–Crippen LogP) is 1.14. The zero-order valence-electron chi connectivity index (χ0n) is 8.94. The van der Waals surface area contributed by atoms with Gasteiger partial charge in [-0.05, 0) is 17.7 Å². The number of carbonyl (C=O) groups excluding carboxylic acids is 1. The standard InChI is InChI=1S/C9H11BrN2O4S/c1-16-9(13)12-17(14,15)11-6-7-3-2-4-8(10)5-7/h2-5,11H,6H2,1H3,(H,12,13). The van der Waals surface area contributed by atoms with Crippen molar-refractivity contribution >= 4 is 32.2 Å². The topological polar surface area (TPSA) is 84.5 Å². The van der Waals surface area contributed by atoms with Gasteiger partial charge in [0.2, 0.25) is 0 Å². The van der Waals surface area contributed by atoms with Crippen molar-refractivity contribution in [1.82, 2.24) is 9.44 Å². The molecule has 94 valence electrons. The number of nitrogens with one attached hydrogen (secondary N) is 2. The fourth-order valence-corrected chi connectivity index (χ4v) is 2.19. The van der Waals surface area contributed by atoms with Crippen molar-refractivity contribution < 1.29 is 17.9 Å². The van der Waals surface area contributed by atoms with E-state index in [1.807, 2.05) is 6.07 Å². The lowest BCUT2D eigenvalue weighted by Crippen LogP contribution is -2.39. The number of halogens is 1. The summed E-state index contributed by atoms with van der Waals surface area (Å²) in [4.78, 5) is 10.7. The smallest absolute Gasteiger partial charge is 0.421 e. The normalized spacial score (nSPS) is 10.9. The number of hydrogen-bond acceptors (Lipinski definition) is 4. The molecule has 2 N–H and O–H groups in total. The lowest BCUT2D eigenvalue weighted by atomic mass is 10.2. The minimum absolute atomic E-state index is 0.0752. The highest BCUT2D eigenvalue weighted by atomic mass is 79.9. The molecule has 0 unspecified atom stereocenters.